The number of nitrogens with one attached hydrogen (secondary N) is 1. The minimum atomic E-state index is -0.662. The average Bonchev–Trinajstić information content (AvgIpc) is 3.64. The number of carbonyl (C=O) groups excluding carboxylic acids is 3. The number of rotatable bonds is 8. The molecule has 0 unspecified atom stereocenters. The van der Waals surface area contributed by atoms with Crippen LogP contribution in [0, 0.1) is 13.8 Å². The predicted octanol–water partition coefficient (Wildman–Crippen LogP) is 7.18. The molecule has 1 aliphatic rings. The van der Waals surface area contributed by atoms with Crippen molar-refractivity contribution in [3.8, 4) is 33.4 Å². The Labute approximate surface area is 274 Å². The maximum absolute atomic E-state index is 13.1. The molecule has 1 atom stereocenters. The SMILES string of the molecule is Cc1c(-c2ccc(C=O)cc2)cccc1-c1cccc(-c2ccn3nc(CN(C[C@@H]4CCC(=O)N4)C(=O)OC(C)(C)C)nc3c2)c1C. The summed E-state index contributed by atoms with van der Waals surface area (Å²) >= 11 is 0. The van der Waals surface area contributed by atoms with Gasteiger partial charge in [-0.05, 0) is 97.7 Å². The number of aromatic nitrogens is 3. The molecule has 2 aromatic heterocycles. The molecule has 6 rings (SSSR count). The second-order valence-corrected chi connectivity index (χ2v) is 13.1. The second-order valence-electron chi connectivity index (χ2n) is 13.1. The molecule has 3 aromatic carbocycles. The first-order chi connectivity index (χ1) is 22.5. The van der Waals surface area contributed by atoms with E-state index in [-0.39, 0.29) is 18.5 Å². The van der Waals surface area contributed by atoms with Crippen LogP contribution in [0.15, 0.2) is 79.0 Å². The van der Waals surface area contributed by atoms with Crippen LogP contribution in [-0.2, 0) is 16.1 Å². The lowest BCUT2D eigenvalue weighted by molar-refractivity contribution is -0.119. The molecular formula is C38H39N5O4. The topological polar surface area (TPSA) is 106 Å². The Bertz CT molecular complexity index is 1970. The van der Waals surface area contributed by atoms with Crippen LogP contribution in [0.2, 0.25) is 0 Å². The third-order valence-electron chi connectivity index (χ3n) is 8.52. The lowest BCUT2D eigenvalue weighted by atomic mass is 9.88. The summed E-state index contributed by atoms with van der Waals surface area (Å²) in [6, 6.07) is 24.2. The van der Waals surface area contributed by atoms with Gasteiger partial charge in [0.2, 0.25) is 5.91 Å². The summed E-state index contributed by atoms with van der Waals surface area (Å²) in [6.07, 6.45) is 3.39. The smallest absolute Gasteiger partial charge is 0.410 e. The number of hydrogen-bond acceptors (Lipinski definition) is 6. The van der Waals surface area contributed by atoms with E-state index in [1.54, 1.807) is 9.42 Å². The van der Waals surface area contributed by atoms with Crippen LogP contribution in [-0.4, -0.2) is 56.0 Å². The van der Waals surface area contributed by atoms with Crippen LogP contribution >= 0.6 is 0 Å². The molecular weight excluding hydrogens is 590 g/mol. The Morgan fingerprint density at radius 1 is 0.957 bits per heavy atom. The quantitative estimate of drug-likeness (QED) is 0.182. The van der Waals surface area contributed by atoms with Crippen LogP contribution in [0.4, 0.5) is 4.79 Å². The van der Waals surface area contributed by atoms with Crippen molar-refractivity contribution >= 4 is 23.9 Å². The molecule has 1 fully saturated rings. The zero-order chi connectivity index (χ0) is 33.3. The standard InChI is InChI=1S/C38H39N5O4/c1-24-30(27-14-12-26(23-44)13-15-27)8-6-10-32(24)33-11-7-9-31(25(33)2)28-18-19-43-35(20-28)40-34(41-43)22-42(37(46)47-38(3,4)5)21-29-16-17-36(45)39-29/h6-15,18-20,23,29H,16-17,21-22H2,1-5H3,(H,39,45)/t29-/m0/s1. The molecule has 1 saturated heterocycles. The molecule has 0 aliphatic carbocycles. The summed E-state index contributed by atoms with van der Waals surface area (Å²) in [4.78, 5) is 42.5. The summed E-state index contributed by atoms with van der Waals surface area (Å²) in [7, 11) is 0. The van der Waals surface area contributed by atoms with E-state index in [4.69, 9.17) is 9.72 Å². The summed E-state index contributed by atoms with van der Waals surface area (Å²) in [5, 5.41) is 7.59. The normalized spacial score (nSPS) is 14.7. The van der Waals surface area contributed by atoms with E-state index in [9.17, 15) is 14.4 Å². The monoisotopic (exact) mass is 629 g/mol. The van der Waals surface area contributed by atoms with Crippen LogP contribution < -0.4 is 5.32 Å². The third-order valence-corrected chi connectivity index (χ3v) is 8.52. The molecule has 0 bridgehead atoms. The fourth-order valence-corrected chi connectivity index (χ4v) is 6.16. The molecule has 9 heteroatoms. The molecule has 1 N–H and O–H groups in total. The minimum absolute atomic E-state index is 0.00914. The van der Waals surface area contributed by atoms with Crippen molar-refractivity contribution in [1.29, 1.82) is 0 Å². The van der Waals surface area contributed by atoms with Crippen molar-refractivity contribution in [2.45, 2.75) is 65.6 Å². The number of ether oxygens (including phenoxy) is 1. The molecule has 47 heavy (non-hydrogen) atoms. The highest BCUT2D eigenvalue weighted by Crippen LogP contribution is 2.37. The van der Waals surface area contributed by atoms with E-state index < -0.39 is 11.7 Å². The highest BCUT2D eigenvalue weighted by Gasteiger charge is 2.29. The van der Waals surface area contributed by atoms with Gasteiger partial charge in [0.15, 0.2) is 11.5 Å². The maximum Gasteiger partial charge on any atom is 0.410 e. The third kappa shape index (κ3) is 6.94. The molecule has 1 aliphatic heterocycles. The van der Waals surface area contributed by atoms with Crippen molar-refractivity contribution in [1.82, 2.24) is 24.8 Å². The zero-order valence-corrected chi connectivity index (χ0v) is 27.4. The highest BCUT2D eigenvalue weighted by atomic mass is 16.6. The number of pyridine rings is 1. The van der Waals surface area contributed by atoms with Gasteiger partial charge in [-0.3, -0.25) is 14.5 Å². The van der Waals surface area contributed by atoms with Crippen LogP contribution in [0.1, 0.15) is 60.9 Å². The molecule has 240 valence electrons. The second kappa shape index (κ2) is 12.8. The van der Waals surface area contributed by atoms with Gasteiger partial charge >= 0.3 is 6.09 Å². The van der Waals surface area contributed by atoms with Gasteiger partial charge in [0.05, 0.1) is 6.54 Å². The Hall–Kier alpha value is -5.31. The number of fused-ring (bicyclic) bond motifs is 1. The number of nitrogens with zero attached hydrogens (tertiary/aromatic N) is 4. The molecule has 0 radical (unpaired) electrons. The summed E-state index contributed by atoms with van der Waals surface area (Å²) < 4.78 is 7.38. The number of aldehydes is 1. The first kappa shape index (κ1) is 31.7. The Morgan fingerprint density at radius 3 is 2.19 bits per heavy atom. The maximum atomic E-state index is 13.1. The van der Waals surface area contributed by atoms with Crippen LogP contribution in [0.5, 0.6) is 0 Å². The summed E-state index contributed by atoms with van der Waals surface area (Å²) in [6.45, 7) is 10.2. The average molecular weight is 630 g/mol. The van der Waals surface area contributed by atoms with Crippen molar-refractivity contribution in [2.24, 2.45) is 0 Å². The Kier molecular flexibility index (Phi) is 8.64. The van der Waals surface area contributed by atoms with Gasteiger partial charge in [-0.25, -0.2) is 14.3 Å². The van der Waals surface area contributed by atoms with Gasteiger partial charge < -0.3 is 10.1 Å². The molecule has 0 saturated carbocycles. The van der Waals surface area contributed by atoms with Crippen LogP contribution in [0.3, 0.4) is 0 Å². The Balaban J connectivity index is 1.29. The number of benzene rings is 3. The lowest BCUT2D eigenvalue weighted by Gasteiger charge is -2.28. The van der Waals surface area contributed by atoms with Crippen molar-refractivity contribution in [3.63, 3.8) is 0 Å². The number of hydrogen-bond donors (Lipinski definition) is 1. The van der Waals surface area contributed by atoms with Crippen molar-refractivity contribution in [2.75, 3.05) is 6.54 Å². The molecule has 5 aromatic rings. The molecule has 9 nitrogen and oxygen atoms in total. The highest BCUT2D eigenvalue weighted by molar-refractivity contribution is 5.85. The predicted molar refractivity (Wildman–Crippen MR) is 182 cm³/mol. The number of amides is 2. The number of carbonyl (C=O) groups is 3. The fourth-order valence-electron chi connectivity index (χ4n) is 6.16. The van der Waals surface area contributed by atoms with E-state index in [0.717, 1.165) is 50.8 Å². The fraction of sp³-hybridized carbons (Fsp3) is 0.289. The van der Waals surface area contributed by atoms with E-state index in [2.05, 4.69) is 60.7 Å². The first-order valence-electron chi connectivity index (χ1n) is 15.9. The molecule has 0 spiro atoms. The van der Waals surface area contributed by atoms with Crippen LogP contribution in [0.25, 0.3) is 39.0 Å². The summed E-state index contributed by atoms with van der Waals surface area (Å²) in [5.74, 6) is 0.474. The van der Waals surface area contributed by atoms with Gasteiger partial charge in [-0.2, -0.15) is 0 Å². The van der Waals surface area contributed by atoms with Crippen molar-refractivity contribution in [3.05, 3.63) is 102 Å². The van der Waals surface area contributed by atoms with E-state index in [0.29, 0.717) is 36.4 Å². The molecule has 2 amide bonds. The summed E-state index contributed by atoms with van der Waals surface area (Å²) in [5.41, 5.74) is 9.53. The van der Waals surface area contributed by atoms with Gasteiger partial charge in [-0.15, -0.1) is 5.10 Å². The van der Waals surface area contributed by atoms with E-state index in [1.165, 1.54) is 0 Å². The van der Waals surface area contributed by atoms with Gasteiger partial charge in [0.25, 0.3) is 0 Å². The van der Waals surface area contributed by atoms with Gasteiger partial charge in [-0.1, -0.05) is 60.7 Å². The first-order valence-corrected chi connectivity index (χ1v) is 15.9. The van der Waals surface area contributed by atoms with Crippen molar-refractivity contribution < 1.29 is 19.1 Å². The lowest BCUT2D eigenvalue weighted by Crippen LogP contribution is -2.44. The van der Waals surface area contributed by atoms with Gasteiger partial charge in [0.1, 0.15) is 11.9 Å². The van der Waals surface area contributed by atoms with E-state index in [1.807, 2.05) is 63.4 Å². The molecule has 3 heterocycles. The Morgan fingerprint density at radius 2 is 1.60 bits per heavy atom. The minimum Gasteiger partial charge on any atom is -0.444 e. The van der Waals surface area contributed by atoms with E-state index >= 15 is 0 Å². The zero-order valence-electron chi connectivity index (χ0n) is 27.4. The largest absolute Gasteiger partial charge is 0.444 e. The van der Waals surface area contributed by atoms with Gasteiger partial charge in [0, 0.05) is 30.8 Å².